The van der Waals surface area contributed by atoms with E-state index in [9.17, 15) is 4.79 Å². The molecule has 0 saturated carbocycles. The summed E-state index contributed by atoms with van der Waals surface area (Å²) in [5.74, 6) is 0. The lowest BCUT2D eigenvalue weighted by atomic mass is 9.97. The Balaban J connectivity index is 1.65. The minimum atomic E-state index is -0.432. The molecule has 2 aliphatic heterocycles. The molecular formula is C17H28N4O2. The Bertz CT molecular complexity index is 576. The summed E-state index contributed by atoms with van der Waals surface area (Å²) in [7, 11) is 1.94. The second-order valence-electron chi connectivity index (χ2n) is 7.89. The first kappa shape index (κ1) is 16.1. The number of carbonyl (C=O) groups excluding carboxylic acids is 1. The van der Waals surface area contributed by atoms with Crippen molar-refractivity contribution in [2.75, 3.05) is 5.32 Å². The second kappa shape index (κ2) is 5.73. The largest absolute Gasteiger partial charge is 0.444 e. The van der Waals surface area contributed by atoms with E-state index < -0.39 is 5.60 Å². The summed E-state index contributed by atoms with van der Waals surface area (Å²) < 4.78 is 7.42. The van der Waals surface area contributed by atoms with Crippen LogP contribution in [-0.2, 0) is 11.8 Å². The molecule has 2 atom stereocenters. The van der Waals surface area contributed by atoms with E-state index in [0.717, 1.165) is 37.1 Å². The summed E-state index contributed by atoms with van der Waals surface area (Å²) in [4.78, 5) is 14.5. The normalized spacial score (nSPS) is 27.2. The van der Waals surface area contributed by atoms with Gasteiger partial charge in [0.1, 0.15) is 5.60 Å². The molecule has 3 rings (SSSR count). The molecule has 2 unspecified atom stereocenters. The van der Waals surface area contributed by atoms with E-state index in [4.69, 9.17) is 4.74 Å². The lowest BCUT2D eigenvalue weighted by molar-refractivity contribution is 0.00683. The fourth-order valence-corrected chi connectivity index (χ4v) is 3.87. The van der Waals surface area contributed by atoms with E-state index in [0.29, 0.717) is 6.04 Å². The quantitative estimate of drug-likeness (QED) is 0.910. The second-order valence-corrected chi connectivity index (χ2v) is 7.89. The highest BCUT2D eigenvalue weighted by Crippen LogP contribution is 2.38. The first-order valence-corrected chi connectivity index (χ1v) is 8.51. The smallest absolute Gasteiger partial charge is 0.410 e. The van der Waals surface area contributed by atoms with Gasteiger partial charge in [-0.05, 0) is 53.4 Å². The number of nitrogens with zero attached hydrogens (tertiary/aromatic N) is 3. The molecule has 2 saturated heterocycles. The molecular weight excluding hydrogens is 292 g/mol. The third-order valence-electron chi connectivity index (χ3n) is 4.71. The van der Waals surface area contributed by atoms with E-state index in [-0.39, 0.29) is 18.2 Å². The van der Waals surface area contributed by atoms with E-state index in [1.54, 1.807) is 0 Å². The lowest BCUT2D eigenvalue weighted by Crippen LogP contribution is -2.51. The zero-order chi connectivity index (χ0) is 16.8. The molecule has 0 radical (unpaired) electrons. The highest BCUT2D eigenvalue weighted by atomic mass is 16.6. The minimum absolute atomic E-state index is 0.152. The first-order valence-electron chi connectivity index (χ1n) is 8.51. The third-order valence-corrected chi connectivity index (χ3v) is 4.71. The summed E-state index contributed by atoms with van der Waals surface area (Å²) in [5.41, 5.74) is 1.69. The van der Waals surface area contributed by atoms with Crippen LogP contribution < -0.4 is 5.32 Å². The summed E-state index contributed by atoms with van der Waals surface area (Å²) >= 11 is 0. The van der Waals surface area contributed by atoms with Crippen LogP contribution in [0.5, 0.6) is 0 Å². The fourth-order valence-electron chi connectivity index (χ4n) is 3.87. The molecule has 6 nitrogen and oxygen atoms in total. The molecule has 128 valence electrons. The van der Waals surface area contributed by atoms with Crippen LogP contribution in [0.1, 0.15) is 52.1 Å². The number of piperidine rings is 1. The highest BCUT2D eigenvalue weighted by molar-refractivity contribution is 5.69. The Morgan fingerprint density at radius 3 is 2.39 bits per heavy atom. The summed E-state index contributed by atoms with van der Waals surface area (Å²) in [6, 6.07) is 0.977. The van der Waals surface area contributed by atoms with Crippen LogP contribution in [0.2, 0.25) is 0 Å². The molecule has 3 heterocycles. The molecule has 23 heavy (non-hydrogen) atoms. The van der Waals surface area contributed by atoms with Crippen molar-refractivity contribution in [3.63, 3.8) is 0 Å². The number of aryl methyl sites for hydroxylation is 2. The molecule has 2 fully saturated rings. The Kier molecular flexibility index (Phi) is 4.02. The monoisotopic (exact) mass is 320 g/mol. The number of aromatic nitrogens is 2. The molecule has 6 heteroatoms. The van der Waals surface area contributed by atoms with Crippen molar-refractivity contribution in [1.29, 1.82) is 0 Å². The zero-order valence-electron chi connectivity index (χ0n) is 14.8. The first-order chi connectivity index (χ1) is 10.7. The van der Waals surface area contributed by atoms with E-state index in [2.05, 4.69) is 10.4 Å². The molecule has 0 spiro atoms. The number of hydrogen-bond donors (Lipinski definition) is 1. The Hall–Kier alpha value is -1.72. The molecule has 2 bridgehead atoms. The van der Waals surface area contributed by atoms with Gasteiger partial charge in [-0.3, -0.25) is 4.68 Å². The van der Waals surface area contributed by atoms with Gasteiger partial charge in [0, 0.05) is 31.4 Å². The molecule has 0 aliphatic carbocycles. The number of ether oxygens (including phenoxy) is 1. The van der Waals surface area contributed by atoms with Crippen LogP contribution in [0, 0.1) is 6.92 Å². The van der Waals surface area contributed by atoms with Crippen molar-refractivity contribution in [2.24, 2.45) is 7.05 Å². The third kappa shape index (κ3) is 3.46. The maximum absolute atomic E-state index is 12.5. The van der Waals surface area contributed by atoms with Gasteiger partial charge in [0.2, 0.25) is 0 Å². The maximum atomic E-state index is 12.5. The number of anilines is 1. The number of fused-ring (bicyclic) bond motifs is 2. The lowest BCUT2D eigenvalue weighted by Gasteiger charge is -2.39. The van der Waals surface area contributed by atoms with Crippen LogP contribution in [-0.4, -0.2) is 44.5 Å². The van der Waals surface area contributed by atoms with Gasteiger partial charge >= 0.3 is 6.09 Å². The Morgan fingerprint density at radius 1 is 1.30 bits per heavy atom. The van der Waals surface area contributed by atoms with Gasteiger partial charge in [-0.1, -0.05) is 0 Å². The Morgan fingerprint density at radius 2 is 1.91 bits per heavy atom. The van der Waals surface area contributed by atoms with E-state index >= 15 is 0 Å². The van der Waals surface area contributed by atoms with Gasteiger partial charge < -0.3 is 15.0 Å². The maximum Gasteiger partial charge on any atom is 0.410 e. The summed E-state index contributed by atoms with van der Waals surface area (Å²) in [5, 5.41) is 8.00. The predicted octanol–water partition coefficient (Wildman–Crippen LogP) is 3.07. The number of carbonyl (C=O) groups is 1. The predicted molar refractivity (Wildman–Crippen MR) is 89.5 cm³/mol. The SMILES string of the molecule is Cc1nn(C)cc1NC1CC2CCC(C1)N2C(=O)OC(C)(C)C. The molecule has 1 aromatic heterocycles. The average molecular weight is 320 g/mol. The van der Waals surface area contributed by atoms with E-state index in [1.807, 2.05) is 50.5 Å². The molecule has 1 aromatic rings. The van der Waals surface area contributed by atoms with Crippen molar-refractivity contribution >= 4 is 11.8 Å². The van der Waals surface area contributed by atoms with Gasteiger partial charge in [0.15, 0.2) is 0 Å². The van der Waals surface area contributed by atoms with Crippen LogP contribution in [0.4, 0.5) is 10.5 Å². The van der Waals surface area contributed by atoms with Gasteiger partial charge in [0.25, 0.3) is 0 Å². The van der Waals surface area contributed by atoms with Gasteiger partial charge in [-0.15, -0.1) is 0 Å². The molecule has 1 amide bonds. The van der Waals surface area contributed by atoms with Crippen molar-refractivity contribution in [3.8, 4) is 0 Å². The topological polar surface area (TPSA) is 59.4 Å². The molecule has 0 aromatic carbocycles. The minimum Gasteiger partial charge on any atom is -0.444 e. The van der Waals surface area contributed by atoms with Gasteiger partial charge in [-0.25, -0.2) is 4.79 Å². The summed E-state index contributed by atoms with van der Waals surface area (Å²) in [6.45, 7) is 7.79. The van der Waals surface area contributed by atoms with Crippen molar-refractivity contribution in [2.45, 2.75) is 77.1 Å². The van der Waals surface area contributed by atoms with Crippen molar-refractivity contribution < 1.29 is 9.53 Å². The summed E-state index contributed by atoms with van der Waals surface area (Å²) in [6.07, 6.45) is 5.98. The van der Waals surface area contributed by atoms with Crippen LogP contribution >= 0.6 is 0 Å². The standard InChI is InChI=1S/C17H28N4O2/c1-11-15(10-20(5)19-11)18-12-8-13-6-7-14(9-12)21(13)16(22)23-17(2,3)4/h10,12-14,18H,6-9H2,1-5H3. The van der Waals surface area contributed by atoms with Gasteiger partial charge in [0.05, 0.1) is 11.4 Å². The van der Waals surface area contributed by atoms with Crippen LogP contribution in [0.25, 0.3) is 0 Å². The Labute approximate surface area is 138 Å². The molecule has 2 aliphatic rings. The van der Waals surface area contributed by atoms with E-state index in [1.165, 1.54) is 0 Å². The number of amides is 1. The number of hydrogen-bond acceptors (Lipinski definition) is 4. The molecule has 1 N–H and O–H groups in total. The van der Waals surface area contributed by atoms with Gasteiger partial charge in [-0.2, -0.15) is 5.10 Å². The van der Waals surface area contributed by atoms with Crippen LogP contribution in [0.3, 0.4) is 0 Å². The van der Waals surface area contributed by atoms with Crippen molar-refractivity contribution in [3.05, 3.63) is 11.9 Å². The number of rotatable bonds is 2. The average Bonchev–Trinajstić information content (AvgIpc) is 2.85. The van der Waals surface area contributed by atoms with Crippen LogP contribution in [0.15, 0.2) is 6.20 Å². The number of nitrogens with one attached hydrogen (secondary N) is 1. The fraction of sp³-hybridized carbons (Fsp3) is 0.765. The highest BCUT2D eigenvalue weighted by Gasteiger charge is 2.44. The zero-order valence-corrected chi connectivity index (χ0v) is 14.8. The van der Waals surface area contributed by atoms with Crippen molar-refractivity contribution in [1.82, 2.24) is 14.7 Å².